The Hall–Kier alpha value is -0.120. The highest BCUT2D eigenvalue weighted by molar-refractivity contribution is 4.34. The molecular weight excluding hydrogens is 108 g/mol. The highest BCUT2D eigenvalue weighted by atomic mass is 17.5. The molecule has 0 fully saturated rings. The lowest BCUT2D eigenvalue weighted by molar-refractivity contribution is -0.504. The summed E-state index contributed by atoms with van der Waals surface area (Å²) in [5.74, 6) is 0.477. The van der Waals surface area contributed by atoms with Gasteiger partial charge < -0.3 is 0 Å². The van der Waals surface area contributed by atoms with Crippen molar-refractivity contribution >= 4 is 0 Å². The Bertz CT molecular complexity index is 44.9. The average molecular weight is 120 g/mol. The normalized spacial score (nSPS) is 10.5. The van der Waals surface area contributed by atoms with Crippen molar-refractivity contribution in [2.24, 2.45) is 5.92 Å². The predicted molar refractivity (Wildman–Crippen MR) is 28.9 cm³/mol. The van der Waals surface area contributed by atoms with Gasteiger partial charge in [0, 0.05) is 0 Å². The maximum atomic E-state index is 4.52. The van der Waals surface area contributed by atoms with Gasteiger partial charge in [-0.15, -0.1) is 0 Å². The fraction of sp³-hybridized carbons (Fsp3) is 1.00. The molecule has 0 aromatic carbocycles. The average Bonchev–Trinajstić information content (AvgIpc) is 1.66. The Labute approximate surface area is 49.4 Å². The minimum absolute atomic E-state index is 0.477. The van der Waals surface area contributed by atoms with Crippen LogP contribution in [0.15, 0.2) is 0 Å². The summed E-state index contributed by atoms with van der Waals surface area (Å²) in [4.78, 5) is 8.69. The van der Waals surface area contributed by atoms with E-state index in [9.17, 15) is 0 Å². The third-order valence-electron chi connectivity index (χ3n) is 0.518. The molecule has 3 nitrogen and oxygen atoms in total. The summed E-state index contributed by atoms with van der Waals surface area (Å²) >= 11 is 0. The molecule has 0 N–H and O–H groups in total. The maximum Gasteiger partial charge on any atom is 0.0876 e. The zero-order valence-electron chi connectivity index (χ0n) is 5.51. The first-order valence-corrected chi connectivity index (χ1v) is 2.59. The van der Waals surface area contributed by atoms with Crippen LogP contribution in [0.1, 0.15) is 13.8 Å². The van der Waals surface area contributed by atoms with E-state index in [1.165, 1.54) is 7.11 Å². The highest BCUT2D eigenvalue weighted by Crippen LogP contribution is 1.91. The van der Waals surface area contributed by atoms with Crippen LogP contribution in [0.3, 0.4) is 0 Å². The molecule has 0 unspecified atom stereocenters. The molecule has 0 aliphatic heterocycles. The van der Waals surface area contributed by atoms with Crippen molar-refractivity contribution < 1.29 is 14.8 Å². The Morgan fingerprint density at radius 2 is 2.00 bits per heavy atom. The van der Waals surface area contributed by atoms with Gasteiger partial charge in [0.05, 0.1) is 13.7 Å². The monoisotopic (exact) mass is 120 g/mol. The van der Waals surface area contributed by atoms with E-state index in [0.29, 0.717) is 12.5 Å². The summed E-state index contributed by atoms with van der Waals surface area (Å²) in [5, 5.41) is 4.14. The van der Waals surface area contributed by atoms with E-state index < -0.39 is 0 Å². The lowest BCUT2D eigenvalue weighted by atomic mass is 10.2. The maximum absolute atomic E-state index is 4.52. The first kappa shape index (κ1) is 7.88. The highest BCUT2D eigenvalue weighted by Gasteiger charge is 1.91. The smallest absolute Gasteiger partial charge is 0.0876 e. The fourth-order valence-electron chi connectivity index (χ4n) is 0.212. The molecule has 0 aliphatic rings. The van der Waals surface area contributed by atoms with Crippen LogP contribution in [-0.4, -0.2) is 13.7 Å². The van der Waals surface area contributed by atoms with Gasteiger partial charge in [-0.2, -0.15) is 0 Å². The minimum Gasteiger partial charge on any atom is -0.210 e. The van der Waals surface area contributed by atoms with E-state index in [-0.39, 0.29) is 0 Å². The van der Waals surface area contributed by atoms with Crippen molar-refractivity contribution in [2.75, 3.05) is 13.7 Å². The van der Waals surface area contributed by atoms with Gasteiger partial charge in [0.15, 0.2) is 0 Å². The van der Waals surface area contributed by atoms with Crippen molar-refractivity contribution in [3.05, 3.63) is 0 Å². The van der Waals surface area contributed by atoms with Gasteiger partial charge in [0.2, 0.25) is 0 Å². The Morgan fingerprint density at radius 1 is 1.38 bits per heavy atom. The summed E-state index contributed by atoms with van der Waals surface area (Å²) in [6.07, 6.45) is 0. The van der Waals surface area contributed by atoms with Crippen LogP contribution < -0.4 is 0 Å². The third kappa shape index (κ3) is 5.88. The standard InChI is InChI=1S/C5H12O3/c1-5(2)4-7-8-6-3/h5H,4H2,1-3H3. The number of hydrogen-bond donors (Lipinski definition) is 0. The summed E-state index contributed by atoms with van der Waals surface area (Å²) in [6.45, 7) is 4.62. The molecule has 0 rings (SSSR count). The summed E-state index contributed by atoms with van der Waals surface area (Å²) < 4.78 is 0. The molecule has 0 spiro atoms. The zero-order chi connectivity index (χ0) is 6.41. The lowest BCUT2D eigenvalue weighted by Crippen LogP contribution is -2.01. The molecule has 3 heteroatoms. The van der Waals surface area contributed by atoms with Crippen molar-refractivity contribution in [1.29, 1.82) is 0 Å². The van der Waals surface area contributed by atoms with Gasteiger partial charge >= 0.3 is 0 Å². The zero-order valence-corrected chi connectivity index (χ0v) is 5.51. The first-order chi connectivity index (χ1) is 3.77. The van der Waals surface area contributed by atoms with Crippen LogP contribution in [0, 0.1) is 5.92 Å². The molecule has 0 atom stereocenters. The molecule has 0 bridgehead atoms. The quantitative estimate of drug-likeness (QED) is 0.316. The summed E-state index contributed by atoms with van der Waals surface area (Å²) in [6, 6.07) is 0. The molecule has 8 heavy (non-hydrogen) atoms. The molecule has 0 aromatic heterocycles. The van der Waals surface area contributed by atoms with Crippen LogP contribution in [0.25, 0.3) is 0 Å². The van der Waals surface area contributed by atoms with Crippen LogP contribution in [0.2, 0.25) is 0 Å². The fourth-order valence-corrected chi connectivity index (χ4v) is 0.212. The molecule has 50 valence electrons. The van der Waals surface area contributed by atoms with E-state index in [0.717, 1.165) is 0 Å². The van der Waals surface area contributed by atoms with Crippen molar-refractivity contribution in [3.8, 4) is 0 Å². The molecule has 0 amide bonds. The third-order valence-corrected chi connectivity index (χ3v) is 0.518. The summed E-state index contributed by atoms with van der Waals surface area (Å²) in [7, 11) is 1.40. The molecule has 0 aliphatic carbocycles. The van der Waals surface area contributed by atoms with Crippen molar-refractivity contribution in [1.82, 2.24) is 0 Å². The Morgan fingerprint density at radius 3 is 2.38 bits per heavy atom. The molecule has 0 saturated heterocycles. The molecular formula is C5H12O3. The number of rotatable bonds is 4. The van der Waals surface area contributed by atoms with Gasteiger partial charge in [-0.25, -0.2) is 9.78 Å². The van der Waals surface area contributed by atoms with Gasteiger partial charge in [0.25, 0.3) is 0 Å². The Kier molecular flexibility index (Phi) is 4.95. The lowest BCUT2D eigenvalue weighted by Gasteiger charge is -2.01. The van der Waals surface area contributed by atoms with E-state index in [2.05, 4.69) is 14.8 Å². The van der Waals surface area contributed by atoms with Gasteiger partial charge in [-0.05, 0) is 5.92 Å². The van der Waals surface area contributed by atoms with Crippen LogP contribution in [0.5, 0.6) is 0 Å². The van der Waals surface area contributed by atoms with Crippen LogP contribution in [0.4, 0.5) is 0 Å². The molecule has 0 aromatic rings. The minimum atomic E-state index is 0.477. The van der Waals surface area contributed by atoms with E-state index in [1.807, 2.05) is 13.8 Å². The topological polar surface area (TPSA) is 27.7 Å². The van der Waals surface area contributed by atoms with E-state index in [4.69, 9.17) is 0 Å². The number of hydrogen-bond acceptors (Lipinski definition) is 3. The Balaban J connectivity index is 2.72. The molecule has 0 heterocycles. The largest absolute Gasteiger partial charge is 0.210 e. The van der Waals surface area contributed by atoms with Crippen molar-refractivity contribution in [3.63, 3.8) is 0 Å². The predicted octanol–water partition coefficient (Wildman–Crippen LogP) is 1.15. The van der Waals surface area contributed by atoms with Gasteiger partial charge in [-0.1, -0.05) is 18.9 Å². The van der Waals surface area contributed by atoms with Crippen LogP contribution >= 0.6 is 0 Å². The second-order valence-electron chi connectivity index (χ2n) is 1.91. The van der Waals surface area contributed by atoms with Gasteiger partial charge in [-0.3, -0.25) is 0 Å². The second-order valence-corrected chi connectivity index (χ2v) is 1.91. The first-order valence-electron chi connectivity index (χ1n) is 2.59. The van der Waals surface area contributed by atoms with E-state index >= 15 is 0 Å². The second kappa shape index (κ2) is 5.03. The van der Waals surface area contributed by atoms with E-state index in [1.54, 1.807) is 0 Å². The molecule has 0 radical (unpaired) electrons. The summed E-state index contributed by atoms with van der Waals surface area (Å²) in [5.41, 5.74) is 0. The van der Waals surface area contributed by atoms with Gasteiger partial charge in [0.1, 0.15) is 0 Å². The van der Waals surface area contributed by atoms with Crippen molar-refractivity contribution in [2.45, 2.75) is 13.8 Å². The SMILES string of the molecule is COOOCC(C)C. The van der Waals surface area contributed by atoms with Crippen LogP contribution in [-0.2, 0) is 14.8 Å². The molecule has 0 saturated carbocycles.